The number of rotatable bonds is 7. The van der Waals surface area contributed by atoms with Crippen LogP contribution in [0.2, 0.25) is 0 Å². The molecule has 1 aromatic carbocycles. The molecule has 104 valence electrons. The first-order chi connectivity index (χ1) is 9.69. The number of nitrogens with zero attached hydrogens (tertiary/aromatic N) is 2. The van der Waals surface area contributed by atoms with Gasteiger partial charge in [-0.05, 0) is 12.1 Å². The van der Waals surface area contributed by atoms with E-state index in [1.165, 1.54) is 23.1 Å². The molecule has 1 aromatic heterocycles. The number of benzene rings is 1. The normalized spacial score (nSPS) is 10.2. The maximum atomic E-state index is 12.0. The van der Waals surface area contributed by atoms with E-state index in [-0.39, 0.29) is 5.78 Å². The van der Waals surface area contributed by atoms with Crippen molar-refractivity contribution in [2.75, 3.05) is 17.6 Å². The summed E-state index contributed by atoms with van der Waals surface area (Å²) in [7, 11) is 0. The summed E-state index contributed by atoms with van der Waals surface area (Å²) in [6.45, 7) is 4.27. The summed E-state index contributed by atoms with van der Waals surface area (Å²) >= 11 is 6.19. The van der Waals surface area contributed by atoms with Crippen molar-refractivity contribution in [3.05, 3.63) is 47.0 Å². The van der Waals surface area contributed by atoms with Crippen LogP contribution < -0.4 is 5.32 Å². The lowest BCUT2D eigenvalue weighted by molar-refractivity contribution is 0.102. The van der Waals surface area contributed by atoms with Crippen LogP contribution in [0.5, 0.6) is 0 Å². The van der Waals surface area contributed by atoms with Gasteiger partial charge in [0.15, 0.2) is 10.1 Å². The van der Waals surface area contributed by atoms with Crippen LogP contribution in [-0.2, 0) is 0 Å². The van der Waals surface area contributed by atoms with E-state index in [0.29, 0.717) is 17.9 Å². The minimum Gasteiger partial charge on any atom is -0.357 e. The third kappa shape index (κ3) is 4.43. The SMILES string of the molecule is C=CCNc1nnc(SCC(=O)c2cccc(Br)c2)s1. The first-order valence-electron chi connectivity index (χ1n) is 5.79. The highest BCUT2D eigenvalue weighted by atomic mass is 79.9. The minimum absolute atomic E-state index is 0.0760. The number of hydrogen-bond acceptors (Lipinski definition) is 6. The molecule has 1 heterocycles. The van der Waals surface area contributed by atoms with E-state index >= 15 is 0 Å². The lowest BCUT2D eigenvalue weighted by atomic mass is 10.2. The molecule has 0 aliphatic rings. The maximum Gasteiger partial charge on any atom is 0.206 e. The van der Waals surface area contributed by atoms with Crippen molar-refractivity contribution >= 4 is 49.9 Å². The van der Waals surface area contributed by atoms with Gasteiger partial charge in [0.1, 0.15) is 0 Å². The second kappa shape index (κ2) is 7.56. The maximum absolute atomic E-state index is 12.0. The average Bonchev–Trinajstić information content (AvgIpc) is 2.90. The van der Waals surface area contributed by atoms with Crippen molar-refractivity contribution in [2.45, 2.75) is 4.34 Å². The van der Waals surface area contributed by atoms with Gasteiger partial charge in [-0.25, -0.2) is 0 Å². The number of ketones is 1. The number of Topliss-reactive ketones (excluding diaryl/α,β-unsaturated/α-hetero) is 1. The summed E-state index contributed by atoms with van der Waals surface area (Å²) in [6.07, 6.45) is 1.75. The Bertz CT molecular complexity index is 615. The van der Waals surface area contributed by atoms with Gasteiger partial charge < -0.3 is 5.32 Å². The van der Waals surface area contributed by atoms with Crippen molar-refractivity contribution in [3.63, 3.8) is 0 Å². The van der Waals surface area contributed by atoms with Crippen LogP contribution >= 0.6 is 39.0 Å². The van der Waals surface area contributed by atoms with E-state index in [0.717, 1.165) is 13.9 Å². The molecule has 7 heteroatoms. The molecule has 0 aliphatic carbocycles. The van der Waals surface area contributed by atoms with Gasteiger partial charge in [-0.2, -0.15) is 0 Å². The number of hydrogen-bond donors (Lipinski definition) is 1. The summed E-state index contributed by atoms with van der Waals surface area (Å²) in [5.41, 5.74) is 0.696. The molecule has 0 bridgehead atoms. The van der Waals surface area contributed by atoms with Gasteiger partial charge in [0, 0.05) is 16.6 Å². The molecule has 2 rings (SSSR count). The van der Waals surface area contributed by atoms with E-state index in [4.69, 9.17) is 0 Å². The van der Waals surface area contributed by atoms with Crippen molar-refractivity contribution in [3.8, 4) is 0 Å². The van der Waals surface area contributed by atoms with Crippen molar-refractivity contribution in [1.29, 1.82) is 0 Å². The second-order valence-corrected chi connectivity index (χ2v) is 6.88. The predicted molar refractivity (Wildman–Crippen MR) is 87.8 cm³/mol. The number of thioether (sulfide) groups is 1. The smallest absolute Gasteiger partial charge is 0.206 e. The lowest BCUT2D eigenvalue weighted by Crippen LogP contribution is -2.01. The standard InChI is InChI=1S/C13H12BrN3OS2/c1-2-6-15-12-16-17-13(20-12)19-8-11(18)9-4-3-5-10(14)7-9/h2-5,7H,1,6,8H2,(H,15,16). The summed E-state index contributed by atoms with van der Waals surface area (Å²) in [6, 6.07) is 7.38. The van der Waals surface area contributed by atoms with Crippen LogP contribution in [0.1, 0.15) is 10.4 Å². The summed E-state index contributed by atoms with van der Waals surface area (Å²) in [5, 5.41) is 11.8. The fourth-order valence-corrected chi connectivity index (χ4v) is 3.42. The molecule has 0 saturated carbocycles. The Kier molecular flexibility index (Phi) is 5.75. The molecular formula is C13H12BrN3OS2. The lowest BCUT2D eigenvalue weighted by Gasteiger charge is -1.99. The first-order valence-corrected chi connectivity index (χ1v) is 8.38. The van der Waals surface area contributed by atoms with Gasteiger partial charge in [0.2, 0.25) is 5.13 Å². The van der Waals surface area contributed by atoms with Gasteiger partial charge in [-0.15, -0.1) is 16.8 Å². The highest BCUT2D eigenvalue weighted by Crippen LogP contribution is 2.26. The molecule has 0 aliphatic heterocycles. The molecule has 20 heavy (non-hydrogen) atoms. The molecule has 0 atom stereocenters. The Labute approximate surface area is 133 Å². The zero-order valence-electron chi connectivity index (χ0n) is 10.5. The molecule has 4 nitrogen and oxygen atoms in total. The Morgan fingerprint density at radius 3 is 3.10 bits per heavy atom. The molecule has 0 amide bonds. The minimum atomic E-state index is 0.0760. The monoisotopic (exact) mass is 369 g/mol. The molecule has 0 fully saturated rings. The van der Waals surface area contributed by atoms with Gasteiger partial charge in [0.25, 0.3) is 0 Å². The first kappa shape index (κ1) is 15.2. The van der Waals surface area contributed by atoms with Crippen LogP contribution in [0, 0.1) is 0 Å². The number of carbonyl (C=O) groups is 1. The van der Waals surface area contributed by atoms with Crippen LogP contribution in [0.15, 0.2) is 45.7 Å². The predicted octanol–water partition coefficient (Wildman–Crippen LogP) is 3.87. The van der Waals surface area contributed by atoms with E-state index < -0.39 is 0 Å². The fourth-order valence-electron chi connectivity index (χ4n) is 1.37. The highest BCUT2D eigenvalue weighted by Gasteiger charge is 2.10. The molecule has 2 aromatic rings. The summed E-state index contributed by atoms with van der Waals surface area (Å²) in [5.74, 6) is 0.430. The fraction of sp³-hybridized carbons (Fsp3) is 0.154. The third-order valence-corrected chi connectivity index (χ3v) is 4.78. The molecule has 0 saturated heterocycles. The molecular weight excluding hydrogens is 358 g/mol. The van der Waals surface area contributed by atoms with Crippen LogP contribution in [-0.4, -0.2) is 28.3 Å². The Morgan fingerprint density at radius 2 is 2.35 bits per heavy atom. The van der Waals surface area contributed by atoms with Crippen LogP contribution in [0.25, 0.3) is 0 Å². The molecule has 0 radical (unpaired) electrons. The zero-order chi connectivity index (χ0) is 14.4. The number of aromatic nitrogens is 2. The zero-order valence-corrected chi connectivity index (χ0v) is 13.7. The topological polar surface area (TPSA) is 54.9 Å². The number of anilines is 1. The van der Waals surface area contributed by atoms with Crippen LogP contribution in [0.3, 0.4) is 0 Å². The van der Waals surface area contributed by atoms with Crippen molar-refractivity contribution in [2.24, 2.45) is 0 Å². The van der Waals surface area contributed by atoms with Crippen molar-refractivity contribution in [1.82, 2.24) is 10.2 Å². The Morgan fingerprint density at radius 1 is 1.50 bits per heavy atom. The summed E-state index contributed by atoms with van der Waals surface area (Å²) < 4.78 is 1.68. The Hall–Kier alpha value is -1.18. The largest absolute Gasteiger partial charge is 0.357 e. The van der Waals surface area contributed by atoms with E-state index in [9.17, 15) is 4.79 Å². The molecule has 1 N–H and O–H groups in total. The average molecular weight is 370 g/mol. The van der Waals surface area contributed by atoms with E-state index in [1.54, 1.807) is 6.08 Å². The Balaban J connectivity index is 1.90. The number of carbonyl (C=O) groups excluding carboxylic acids is 1. The van der Waals surface area contributed by atoms with Gasteiger partial charge in [-0.1, -0.05) is 57.2 Å². The third-order valence-electron chi connectivity index (χ3n) is 2.28. The number of halogens is 1. The second-order valence-electron chi connectivity index (χ2n) is 3.76. The van der Waals surface area contributed by atoms with Crippen LogP contribution in [0.4, 0.5) is 5.13 Å². The number of nitrogens with one attached hydrogen (secondary N) is 1. The van der Waals surface area contributed by atoms with Gasteiger partial charge in [0.05, 0.1) is 5.75 Å². The molecule has 0 spiro atoms. The summed E-state index contributed by atoms with van der Waals surface area (Å²) in [4.78, 5) is 12.0. The van der Waals surface area contributed by atoms with Crippen molar-refractivity contribution < 1.29 is 4.79 Å². The highest BCUT2D eigenvalue weighted by molar-refractivity contribution is 9.10. The van der Waals surface area contributed by atoms with E-state index in [1.807, 2.05) is 24.3 Å². The molecule has 0 unspecified atom stereocenters. The quantitative estimate of drug-likeness (QED) is 0.456. The van der Waals surface area contributed by atoms with E-state index in [2.05, 4.69) is 38.0 Å². The van der Waals surface area contributed by atoms with Gasteiger partial charge in [-0.3, -0.25) is 4.79 Å². The van der Waals surface area contributed by atoms with Gasteiger partial charge >= 0.3 is 0 Å².